The number of nitro groups is 1. The van der Waals surface area contributed by atoms with Crippen LogP contribution >= 0.6 is 0 Å². The Bertz CT molecular complexity index is 778. The van der Waals surface area contributed by atoms with Gasteiger partial charge in [0.2, 0.25) is 0 Å². The molecule has 21 heavy (non-hydrogen) atoms. The van der Waals surface area contributed by atoms with E-state index in [1.165, 1.54) is 0 Å². The van der Waals surface area contributed by atoms with Crippen LogP contribution in [0.3, 0.4) is 0 Å². The van der Waals surface area contributed by atoms with Crippen LogP contribution in [0.2, 0.25) is 0 Å². The van der Waals surface area contributed by atoms with Crippen molar-refractivity contribution in [1.82, 2.24) is 0 Å². The second-order valence-corrected chi connectivity index (χ2v) is 5.08. The van der Waals surface area contributed by atoms with E-state index in [2.05, 4.69) is 6.07 Å². The maximum absolute atomic E-state index is 11.4. The van der Waals surface area contributed by atoms with E-state index in [1.807, 2.05) is 30.0 Å². The van der Waals surface area contributed by atoms with Crippen molar-refractivity contribution in [3.8, 4) is 6.07 Å². The Morgan fingerprint density at radius 3 is 2.81 bits per heavy atom. The van der Waals surface area contributed by atoms with Crippen LogP contribution in [0.1, 0.15) is 16.7 Å². The summed E-state index contributed by atoms with van der Waals surface area (Å²) in [7, 11) is 0. The maximum Gasteiger partial charge on any atom is 0.293 e. The minimum Gasteiger partial charge on any atom is -0.334 e. The summed E-state index contributed by atoms with van der Waals surface area (Å²) in [4.78, 5) is 12.9. The predicted octanol–water partition coefficient (Wildman–Crippen LogP) is 3.47. The number of nitrogens with zero attached hydrogens (tertiary/aromatic N) is 3. The number of aryl methyl sites for hydroxylation is 1. The topological polar surface area (TPSA) is 70.2 Å². The van der Waals surface area contributed by atoms with Crippen LogP contribution in [0.25, 0.3) is 0 Å². The molecule has 0 atom stereocenters. The van der Waals surface area contributed by atoms with Crippen LogP contribution in [0.4, 0.5) is 17.1 Å². The standard InChI is InChI=1S/C16H13N3O2/c1-11-8-12-6-7-18(16(12)15(9-11)19(20)21)14-5-3-2-4-13(14)10-17/h2-5,8-9H,6-7H2,1H3. The number of nitriles is 1. The molecule has 1 aliphatic rings. The van der Waals surface area contributed by atoms with Gasteiger partial charge in [0.15, 0.2) is 0 Å². The Kier molecular flexibility index (Phi) is 3.07. The lowest BCUT2D eigenvalue weighted by Crippen LogP contribution is -2.15. The van der Waals surface area contributed by atoms with Gasteiger partial charge in [-0.1, -0.05) is 18.2 Å². The fourth-order valence-corrected chi connectivity index (χ4v) is 2.86. The van der Waals surface area contributed by atoms with E-state index in [0.29, 0.717) is 17.8 Å². The second-order valence-electron chi connectivity index (χ2n) is 5.08. The third kappa shape index (κ3) is 2.11. The molecule has 0 spiro atoms. The lowest BCUT2D eigenvalue weighted by Gasteiger charge is -2.20. The Morgan fingerprint density at radius 2 is 2.10 bits per heavy atom. The quantitative estimate of drug-likeness (QED) is 0.623. The first-order chi connectivity index (χ1) is 10.1. The van der Waals surface area contributed by atoms with Crippen molar-refractivity contribution in [3.05, 3.63) is 63.2 Å². The summed E-state index contributed by atoms with van der Waals surface area (Å²) in [5, 5.41) is 20.6. The smallest absolute Gasteiger partial charge is 0.293 e. The lowest BCUT2D eigenvalue weighted by molar-refractivity contribution is -0.384. The highest BCUT2D eigenvalue weighted by Gasteiger charge is 2.30. The summed E-state index contributed by atoms with van der Waals surface area (Å²) in [5.41, 5.74) is 3.83. The summed E-state index contributed by atoms with van der Waals surface area (Å²) in [6.45, 7) is 2.51. The Balaban J connectivity index is 2.21. The van der Waals surface area contributed by atoms with Crippen LogP contribution in [-0.4, -0.2) is 11.5 Å². The molecule has 0 saturated carbocycles. The molecule has 3 rings (SSSR count). The zero-order chi connectivity index (χ0) is 15.0. The van der Waals surface area contributed by atoms with E-state index in [4.69, 9.17) is 0 Å². The number of hydrogen-bond donors (Lipinski definition) is 0. The van der Waals surface area contributed by atoms with Crippen LogP contribution in [-0.2, 0) is 6.42 Å². The van der Waals surface area contributed by atoms with Gasteiger partial charge in [-0.3, -0.25) is 10.1 Å². The molecule has 2 aromatic rings. The molecule has 0 aromatic heterocycles. The molecule has 1 heterocycles. The van der Waals surface area contributed by atoms with Crippen LogP contribution in [0.5, 0.6) is 0 Å². The van der Waals surface area contributed by atoms with Crippen molar-refractivity contribution in [1.29, 1.82) is 5.26 Å². The highest BCUT2D eigenvalue weighted by molar-refractivity contribution is 5.81. The van der Waals surface area contributed by atoms with Crippen molar-refractivity contribution in [3.63, 3.8) is 0 Å². The molecule has 0 fully saturated rings. The van der Waals surface area contributed by atoms with Crippen molar-refractivity contribution in [2.45, 2.75) is 13.3 Å². The number of nitro benzene ring substituents is 1. The van der Waals surface area contributed by atoms with Gasteiger partial charge in [0.05, 0.1) is 16.2 Å². The van der Waals surface area contributed by atoms with E-state index in [-0.39, 0.29) is 10.6 Å². The monoisotopic (exact) mass is 279 g/mol. The summed E-state index contributed by atoms with van der Waals surface area (Å²) in [5.74, 6) is 0. The number of benzene rings is 2. The fraction of sp³-hybridized carbons (Fsp3) is 0.188. The maximum atomic E-state index is 11.4. The first-order valence-corrected chi connectivity index (χ1v) is 6.66. The van der Waals surface area contributed by atoms with Crippen LogP contribution < -0.4 is 4.90 Å². The van der Waals surface area contributed by atoms with E-state index < -0.39 is 0 Å². The number of para-hydroxylation sites is 1. The minimum atomic E-state index is -0.348. The molecule has 0 N–H and O–H groups in total. The number of hydrogen-bond acceptors (Lipinski definition) is 4. The molecule has 0 bridgehead atoms. The molecule has 0 unspecified atom stereocenters. The summed E-state index contributed by atoms with van der Waals surface area (Å²) >= 11 is 0. The van der Waals surface area contributed by atoms with Gasteiger partial charge in [-0.25, -0.2) is 0 Å². The van der Waals surface area contributed by atoms with Crippen molar-refractivity contribution in [2.75, 3.05) is 11.4 Å². The Hall–Kier alpha value is -2.87. The van der Waals surface area contributed by atoms with E-state index in [9.17, 15) is 15.4 Å². The van der Waals surface area contributed by atoms with Crippen molar-refractivity contribution < 1.29 is 4.92 Å². The average Bonchev–Trinajstić information content (AvgIpc) is 2.89. The zero-order valence-electron chi connectivity index (χ0n) is 11.5. The Labute approximate surface area is 122 Å². The van der Waals surface area contributed by atoms with Gasteiger partial charge in [-0.2, -0.15) is 5.26 Å². The largest absolute Gasteiger partial charge is 0.334 e. The molecular formula is C16H13N3O2. The molecule has 0 aliphatic carbocycles. The molecule has 1 aliphatic heterocycles. The third-order valence-corrected chi connectivity index (χ3v) is 3.70. The summed E-state index contributed by atoms with van der Waals surface area (Å²) < 4.78 is 0. The van der Waals surface area contributed by atoms with E-state index in [0.717, 1.165) is 23.2 Å². The first kappa shape index (κ1) is 13.1. The van der Waals surface area contributed by atoms with Gasteiger partial charge in [0, 0.05) is 12.6 Å². The molecule has 0 radical (unpaired) electrons. The van der Waals surface area contributed by atoms with Crippen LogP contribution in [0.15, 0.2) is 36.4 Å². The number of anilines is 2. The van der Waals surface area contributed by atoms with Crippen LogP contribution in [0, 0.1) is 28.4 Å². The number of rotatable bonds is 2. The van der Waals surface area contributed by atoms with Gasteiger partial charge in [-0.05, 0) is 36.6 Å². The minimum absolute atomic E-state index is 0.107. The summed E-state index contributed by atoms with van der Waals surface area (Å²) in [6.07, 6.45) is 0.748. The highest BCUT2D eigenvalue weighted by Crippen LogP contribution is 2.42. The zero-order valence-corrected chi connectivity index (χ0v) is 11.5. The molecule has 2 aromatic carbocycles. The lowest BCUT2D eigenvalue weighted by atomic mass is 10.1. The van der Waals surface area contributed by atoms with Crippen molar-refractivity contribution in [2.24, 2.45) is 0 Å². The van der Waals surface area contributed by atoms with Gasteiger partial charge in [0.25, 0.3) is 5.69 Å². The first-order valence-electron chi connectivity index (χ1n) is 6.66. The predicted molar refractivity (Wildman–Crippen MR) is 79.7 cm³/mol. The molecule has 5 heteroatoms. The van der Waals surface area contributed by atoms with Gasteiger partial charge in [0.1, 0.15) is 11.8 Å². The average molecular weight is 279 g/mol. The third-order valence-electron chi connectivity index (χ3n) is 3.70. The SMILES string of the molecule is Cc1cc2c(c([N+](=O)[O-])c1)N(c1ccccc1C#N)CC2. The van der Waals surface area contributed by atoms with E-state index in [1.54, 1.807) is 18.2 Å². The fourth-order valence-electron chi connectivity index (χ4n) is 2.86. The van der Waals surface area contributed by atoms with Gasteiger partial charge >= 0.3 is 0 Å². The van der Waals surface area contributed by atoms with E-state index >= 15 is 0 Å². The highest BCUT2D eigenvalue weighted by atomic mass is 16.6. The van der Waals surface area contributed by atoms with Crippen molar-refractivity contribution >= 4 is 17.1 Å². The normalized spacial score (nSPS) is 12.9. The second kappa shape index (κ2) is 4.91. The summed E-state index contributed by atoms with van der Waals surface area (Å²) in [6, 6.07) is 12.9. The van der Waals surface area contributed by atoms with Gasteiger partial charge in [-0.15, -0.1) is 0 Å². The molecule has 0 saturated heterocycles. The number of fused-ring (bicyclic) bond motifs is 1. The van der Waals surface area contributed by atoms with Gasteiger partial charge < -0.3 is 4.90 Å². The molecule has 104 valence electrons. The molecule has 0 amide bonds. The molecule has 5 nitrogen and oxygen atoms in total. The Morgan fingerprint density at radius 1 is 1.33 bits per heavy atom. The molecular weight excluding hydrogens is 266 g/mol.